The van der Waals surface area contributed by atoms with E-state index in [0.717, 1.165) is 27.5 Å². The van der Waals surface area contributed by atoms with Crippen LogP contribution in [0.15, 0.2) is 36.4 Å². The number of para-hydroxylation sites is 1. The van der Waals surface area contributed by atoms with Crippen LogP contribution in [0.25, 0.3) is 0 Å². The second-order valence-electron chi connectivity index (χ2n) is 5.28. The third-order valence-corrected chi connectivity index (χ3v) is 5.30. The van der Waals surface area contributed by atoms with Gasteiger partial charge in [0.1, 0.15) is 5.75 Å². The van der Waals surface area contributed by atoms with E-state index in [1.165, 1.54) is 0 Å². The van der Waals surface area contributed by atoms with Crippen LogP contribution in [-0.4, -0.2) is 17.6 Å². The smallest absolute Gasteiger partial charge is 0.259 e. The highest BCUT2D eigenvalue weighted by Crippen LogP contribution is 2.36. The van der Waals surface area contributed by atoms with Crippen LogP contribution in [0, 0.1) is 10.5 Å². The number of anilines is 1. The van der Waals surface area contributed by atoms with Gasteiger partial charge >= 0.3 is 0 Å². The third-order valence-electron chi connectivity index (χ3n) is 3.86. The maximum Gasteiger partial charge on any atom is 0.259 e. The minimum Gasteiger partial charge on any atom is -0.506 e. The SMILES string of the molecule is Cc1cccc(C(=O)N2CCCc3cccc(O)c32)c1I. The van der Waals surface area contributed by atoms with Gasteiger partial charge in [-0.1, -0.05) is 24.3 Å². The Morgan fingerprint density at radius 1 is 1.24 bits per heavy atom. The van der Waals surface area contributed by atoms with Gasteiger partial charge in [-0.15, -0.1) is 0 Å². The van der Waals surface area contributed by atoms with E-state index in [0.29, 0.717) is 17.8 Å². The Balaban J connectivity index is 2.07. The summed E-state index contributed by atoms with van der Waals surface area (Å²) in [5, 5.41) is 10.2. The molecule has 0 atom stereocenters. The number of aryl methyl sites for hydroxylation is 2. The summed E-state index contributed by atoms with van der Waals surface area (Å²) in [6.07, 6.45) is 1.82. The lowest BCUT2D eigenvalue weighted by molar-refractivity contribution is 0.0983. The van der Waals surface area contributed by atoms with Crippen molar-refractivity contribution in [2.24, 2.45) is 0 Å². The summed E-state index contributed by atoms with van der Waals surface area (Å²) in [7, 11) is 0. The van der Waals surface area contributed by atoms with Crippen LogP contribution >= 0.6 is 22.6 Å². The van der Waals surface area contributed by atoms with E-state index in [9.17, 15) is 9.90 Å². The van der Waals surface area contributed by atoms with Crippen molar-refractivity contribution in [1.29, 1.82) is 0 Å². The number of hydrogen-bond donors (Lipinski definition) is 1. The van der Waals surface area contributed by atoms with E-state index >= 15 is 0 Å². The lowest BCUT2D eigenvalue weighted by Crippen LogP contribution is -2.36. The Morgan fingerprint density at radius 3 is 2.81 bits per heavy atom. The molecule has 2 aromatic carbocycles. The summed E-state index contributed by atoms with van der Waals surface area (Å²) in [4.78, 5) is 14.6. The van der Waals surface area contributed by atoms with Crippen molar-refractivity contribution in [3.63, 3.8) is 0 Å². The van der Waals surface area contributed by atoms with E-state index in [-0.39, 0.29) is 11.7 Å². The maximum atomic E-state index is 12.9. The Hall–Kier alpha value is -1.56. The minimum absolute atomic E-state index is 0.0365. The van der Waals surface area contributed by atoms with Gasteiger partial charge in [0.25, 0.3) is 5.91 Å². The van der Waals surface area contributed by atoms with Gasteiger partial charge in [0.15, 0.2) is 0 Å². The number of halogens is 1. The van der Waals surface area contributed by atoms with Crippen LogP contribution in [0.2, 0.25) is 0 Å². The summed E-state index contributed by atoms with van der Waals surface area (Å²) in [6.45, 7) is 2.65. The molecule has 1 heterocycles. The van der Waals surface area contributed by atoms with Crippen molar-refractivity contribution in [2.45, 2.75) is 19.8 Å². The van der Waals surface area contributed by atoms with Gasteiger partial charge in [0.2, 0.25) is 0 Å². The molecule has 1 amide bonds. The fourth-order valence-electron chi connectivity index (χ4n) is 2.79. The van der Waals surface area contributed by atoms with E-state index in [1.54, 1.807) is 11.0 Å². The van der Waals surface area contributed by atoms with Crippen molar-refractivity contribution in [3.05, 3.63) is 56.7 Å². The molecule has 0 fully saturated rings. The zero-order chi connectivity index (χ0) is 15.0. The molecular weight excluding hydrogens is 377 g/mol. The number of nitrogens with zero attached hydrogens (tertiary/aromatic N) is 1. The van der Waals surface area contributed by atoms with Gasteiger partial charge in [-0.05, 0) is 65.6 Å². The van der Waals surface area contributed by atoms with Crippen LogP contribution in [0.5, 0.6) is 5.75 Å². The van der Waals surface area contributed by atoms with Gasteiger partial charge in [-0.3, -0.25) is 4.79 Å². The summed E-state index contributed by atoms with van der Waals surface area (Å²) < 4.78 is 0.975. The fourth-order valence-corrected chi connectivity index (χ4v) is 3.38. The van der Waals surface area contributed by atoms with Crippen LogP contribution in [0.1, 0.15) is 27.9 Å². The number of phenols is 1. The van der Waals surface area contributed by atoms with Gasteiger partial charge in [-0.25, -0.2) is 0 Å². The molecule has 0 unspecified atom stereocenters. The molecule has 3 nitrogen and oxygen atoms in total. The Kier molecular flexibility index (Phi) is 3.89. The van der Waals surface area contributed by atoms with Gasteiger partial charge in [-0.2, -0.15) is 0 Å². The number of rotatable bonds is 1. The van der Waals surface area contributed by atoms with E-state index in [1.807, 2.05) is 37.3 Å². The molecule has 0 spiro atoms. The topological polar surface area (TPSA) is 40.5 Å². The number of carbonyl (C=O) groups excluding carboxylic acids is 1. The van der Waals surface area contributed by atoms with E-state index in [4.69, 9.17) is 0 Å². The predicted molar refractivity (Wildman–Crippen MR) is 92.0 cm³/mol. The van der Waals surface area contributed by atoms with Crippen LogP contribution < -0.4 is 4.90 Å². The molecule has 2 aromatic rings. The molecule has 4 heteroatoms. The van der Waals surface area contributed by atoms with Crippen LogP contribution in [0.3, 0.4) is 0 Å². The largest absolute Gasteiger partial charge is 0.506 e. The Bertz CT molecular complexity index is 712. The standard InChI is InChI=1S/C17H16INO2/c1-11-5-2-8-13(15(11)18)17(21)19-10-4-7-12-6-3-9-14(20)16(12)19/h2-3,5-6,8-9,20H,4,7,10H2,1H3. The first-order chi connectivity index (χ1) is 10.1. The van der Waals surface area contributed by atoms with Crippen molar-refractivity contribution in [3.8, 4) is 5.75 Å². The lowest BCUT2D eigenvalue weighted by atomic mass is 9.99. The van der Waals surface area contributed by atoms with E-state index < -0.39 is 0 Å². The second-order valence-corrected chi connectivity index (χ2v) is 6.36. The molecule has 1 N–H and O–H groups in total. The fraction of sp³-hybridized carbons (Fsp3) is 0.235. The number of aromatic hydroxyl groups is 1. The highest BCUT2D eigenvalue weighted by atomic mass is 127. The predicted octanol–water partition coefficient (Wildman–Crippen LogP) is 3.90. The van der Waals surface area contributed by atoms with Crippen molar-refractivity contribution in [2.75, 3.05) is 11.4 Å². The molecule has 21 heavy (non-hydrogen) atoms. The molecule has 0 aromatic heterocycles. The first kappa shape index (κ1) is 14.4. The van der Waals surface area contributed by atoms with Crippen LogP contribution in [0.4, 0.5) is 5.69 Å². The van der Waals surface area contributed by atoms with Gasteiger partial charge in [0.05, 0.1) is 11.3 Å². The number of carbonyl (C=O) groups is 1. The van der Waals surface area contributed by atoms with E-state index in [2.05, 4.69) is 22.6 Å². The number of phenolic OH excluding ortho intramolecular Hbond substituents is 1. The normalized spacial score (nSPS) is 13.9. The minimum atomic E-state index is -0.0365. The summed E-state index contributed by atoms with van der Waals surface area (Å²) in [6, 6.07) is 11.2. The molecule has 3 rings (SSSR count). The maximum absolute atomic E-state index is 12.9. The number of hydrogen-bond acceptors (Lipinski definition) is 2. The zero-order valence-corrected chi connectivity index (χ0v) is 13.9. The molecule has 0 saturated carbocycles. The quantitative estimate of drug-likeness (QED) is 0.747. The highest BCUT2D eigenvalue weighted by molar-refractivity contribution is 14.1. The molecule has 0 bridgehead atoms. The summed E-state index contributed by atoms with van der Waals surface area (Å²) in [5.74, 6) is 0.147. The van der Waals surface area contributed by atoms with Crippen LogP contribution in [-0.2, 0) is 6.42 Å². The number of fused-ring (bicyclic) bond motifs is 1. The monoisotopic (exact) mass is 393 g/mol. The summed E-state index contributed by atoms with van der Waals surface area (Å²) >= 11 is 2.21. The average Bonchev–Trinajstić information content (AvgIpc) is 2.49. The molecule has 0 radical (unpaired) electrons. The number of amides is 1. The zero-order valence-electron chi connectivity index (χ0n) is 11.8. The Morgan fingerprint density at radius 2 is 2.00 bits per heavy atom. The van der Waals surface area contributed by atoms with Crippen molar-refractivity contribution >= 4 is 34.2 Å². The first-order valence-electron chi connectivity index (χ1n) is 6.97. The summed E-state index contributed by atoms with van der Waals surface area (Å²) in [5.41, 5.74) is 3.51. The molecular formula is C17H16INO2. The van der Waals surface area contributed by atoms with Crippen molar-refractivity contribution in [1.82, 2.24) is 0 Å². The first-order valence-corrected chi connectivity index (χ1v) is 8.05. The second kappa shape index (κ2) is 5.67. The highest BCUT2D eigenvalue weighted by Gasteiger charge is 2.27. The lowest BCUT2D eigenvalue weighted by Gasteiger charge is -2.30. The van der Waals surface area contributed by atoms with Gasteiger partial charge in [0, 0.05) is 10.1 Å². The Labute approximate surface area is 137 Å². The molecule has 1 aliphatic rings. The molecule has 1 aliphatic heterocycles. The third kappa shape index (κ3) is 2.52. The molecule has 108 valence electrons. The number of benzene rings is 2. The molecule has 0 aliphatic carbocycles. The average molecular weight is 393 g/mol. The molecule has 0 saturated heterocycles. The van der Waals surface area contributed by atoms with Crippen molar-refractivity contribution < 1.29 is 9.90 Å². The van der Waals surface area contributed by atoms with Gasteiger partial charge < -0.3 is 10.0 Å².